The zero-order valence-electron chi connectivity index (χ0n) is 10.9. The van der Waals surface area contributed by atoms with Gasteiger partial charge in [0.1, 0.15) is 0 Å². The molecule has 5 heteroatoms. The second kappa shape index (κ2) is 6.64. The van der Waals surface area contributed by atoms with Crippen LogP contribution in [0.1, 0.15) is 29.8 Å². The summed E-state index contributed by atoms with van der Waals surface area (Å²) in [4.78, 5) is 22.9. The Kier molecular flexibility index (Phi) is 5.17. The van der Waals surface area contributed by atoms with E-state index >= 15 is 0 Å². The highest BCUT2D eigenvalue weighted by Gasteiger charge is 2.08. The normalized spacial score (nSPS) is 9.72. The predicted molar refractivity (Wildman–Crippen MR) is 69.8 cm³/mol. The second-order valence-electron chi connectivity index (χ2n) is 3.73. The largest absolute Gasteiger partial charge is 0.450 e. The molecule has 18 heavy (non-hydrogen) atoms. The van der Waals surface area contributed by atoms with Crippen LogP contribution < -0.4 is 10.6 Å². The van der Waals surface area contributed by atoms with E-state index in [0.717, 1.165) is 5.56 Å². The molecule has 0 bridgehead atoms. The third kappa shape index (κ3) is 3.76. The molecule has 0 aliphatic rings. The molecule has 5 nitrogen and oxygen atoms in total. The van der Waals surface area contributed by atoms with Crippen LogP contribution in [0.25, 0.3) is 0 Å². The molecule has 0 unspecified atom stereocenters. The van der Waals surface area contributed by atoms with Gasteiger partial charge in [-0.2, -0.15) is 0 Å². The lowest BCUT2D eigenvalue weighted by Gasteiger charge is -2.10. The first kappa shape index (κ1) is 14.0. The number of ether oxygens (including phenoxy) is 1. The van der Waals surface area contributed by atoms with Gasteiger partial charge in [0.15, 0.2) is 0 Å². The molecule has 0 radical (unpaired) electrons. The van der Waals surface area contributed by atoms with Crippen molar-refractivity contribution in [2.75, 3.05) is 18.5 Å². The maximum Gasteiger partial charge on any atom is 0.411 e. The summed E-state index contributed by atoms with van der Waals surface area (Å²) in [6.07, 6.45) is -0.494. The quantitative estimate of drug-likeness (QED) is 0.861. The Bertz CT molecular complexity index is 444. The molecule has 0 fully saturated rings. The Hall–Kier alpha value is -2.04. The lowest BCUT2D eigenvalue weighted by molar-refractivity contribution is 0.0955. The average Bonchev–Trinajstić information content (AvgIpc) is 2.32. The first-order valence-electron chi connectivity index (χ1n) is 5.91. The molecular weight excluding hydrogens is 232 g/mol. The van der Waals surface area contributed by atoms with Gasteiger partial charge in [-0.15, -0.1) is 0 Å². The van der Waals surface area contributed by atoms with Gasteiger partial charge in [0, 0.05) is 17.8 Å². The Morgan fingerprint density at radius 1 is 1.28 bits per heavy atom. The van der Waals surface area contributed by atoms with E-state index in [2.05, 4.69) is 10.6 Å². The number of benzene rings is 1. The maximum absolute atomic E-state index is 11.6. The zero-order valence-corrected chi connectivity index (χ0v) is 10.9. The van der Waals surface area contributed by atoms with Gasteiger partial charge >= 0.3 is 6.09 Å². The molecule has 0 atom stereocenters. The summed E-state index contributed by atoms with van der Waals surface area (Å²) in [5, 5.41) is 5.33. The molecule has 98 valence electrons. The van der Waals surface area contributed by atoms with Crippen molar-refractivity contribution in [3.05, 3.63) is 29.3 Å². The molecule has 0 saturated carbocycles. The number of anilines is 1. The van der Waals surface area contributed by atoms with E-state index in [0.29, 0.717) is 24.4 Å². The van der Waals surface area contributed by atoms with Crippen molar-refractivity contribution in [2.45, 2.75) is 20.8 Å². The fraction of sp³-hybridized carbons (Fsp3) is 0.385. The second-order valence-corrected chi connectivity index (χ2v) is 3.73. The van der Waals surface area contributed by atoms with Gasteiger partial charge in [0.25, 0.3) is 5.91 Å². The Balaban J connectivity index is 2.79. The SMILES string of the molecule is CCNC(=O)c1ccc(NC(=O)OCC)c(C)c1. The van der Waals surface area contributed by atoms with Crippen LogP contribution in [0.15, 0.2) is 18.2 Å². The topological polar surface area (TPSA) is 67.4 Å². The summed E-state index contributed by atoms with van der Waals surface area (Å²) in [6, 6.07) is 5.09. The number of hydrogen-bond acceptors (Lipinski definition) is 3. The minimum atomic E-state index is -0.494. The summed E-state index contributed by atoms with van der Waals surface area (Å²) < 4.78 is 4.79. The summed E-state index contributed by atoms with van der Waals surface area (Å²) in [5.74, 6) is -0.122. The molecule has 2 amide bonds. The summed E-state index contributed by atoms with van der Waals surface area (Å²) in [5.41, 5.74) is 2.03. The van der Waals surface area contributed by atoms with Crippen molar-refractivity contribution in [2.24, 2.45) is 0 Å². The molecule has 0 saturated heterocycles. The highest BCUT2D eigenvalue weighted by atomic mass is 16.5. The van der Waals surface area contributed by atoms with E-state index in [4.69, 9.17) is 4.74 Å². The Morgan fingerprint density at radius 3 is 2.56 bits per heavy atom. The van der Waals surface area contributed by atoms with Crippen LogP contribution in [0, 0.1) is 6.92 Å². The molecule has 0 spiro atoms. The van der Waals surface area contributed by atoms with Gasteiger partial charge in [-0.05, 0) is 44.5 Å². The molecule has 0 aliphatic heterocycles. The molecule has 0 heterocycles. The van der Waals surface area contributed by atoms with Crippen molar-refractivity contribution in [3.63, 3.8) is 0 Å². The number of hydrogen-bond donors (Lipinski definition) is 2. The summed E-state index contributed by atoms with van der Waals surface area (Å²) in [6.45, 7) is 6.33. The average molecular weight is 250 g/mol. The minimum Gasteiger partial charge on any atom is -0.450 e. The Morgan fingerprint density at radius 2 is 2.00 bits per heavy atom. The number of carbonyl (C=O) groups excluding carboxylic acids is 2. The minimum absolute atomic E-state index is 0.122. The standard InChI is InChI=1S/C13H18N2O3/c1-4-14-12(16)10-6-7-11(9(3)8-10)15-13(17)18-5-2/h6-8H,4-5H2,1-3H3,(H,14,16)(H,15,17). The molecule has 1 rings (SSSR count). The Labute approximate surface area is 107 Å². The fourth-order valence-electron chi connectivity index (χ4n) is 1.48. The van der Waals surface area contributed by atoms with Gasteiger partial charge in [-0.3, -0.25) is 10.1 Å². The number of nitrogens with one attached hydrogen (secondary N) is 2. The van der Waals surface area contributed by atoms with Crippen LogP contribution in [0.5, 0.6) is 0 Å². The highest BCUT2D eigenvalue weighted by Crippen LogP contribution is 2.16. The van der Waals surface area contributed by atoms with E-state index in [-0.39, 0.29) is 5.91 Å². The summed E-state index contributed by atoms with van der Waals surface area (Å²) >= 11 is 0. The van der Waals surface area contributed by atoms with Crippen LogP contribution in [0.2, 0.25) is 0 Å². The molecule has 1 aromatic carbocycles. The lowest BCUT2D eigenvalue weighted by atomic mass is 10.1. The fourth-order valence-corrected chi connectivity index (χ4v) is 1.48. The molecule has 0 aromatic heterocycles. The van der Waals surface area contributed by atoms with Gasteiger partial charge in [-0.25, -0.2) is 4.79 Å². The zero-order chi connectivity index (χ0) is 13.5. The molecule has 2 N–H and O–H groups in total. The molecular formula is C13H18N2O3. The van der Waals surface area contributed by atoms with Gasteiger partial charge in [0.2, 0.25) is 0 Å². The van der Waals surface area contributed by atoms with Crippen LogP contribution in [0.4, 0.5) is 10.5 Å². The summed E-state index contributed by atoms with van der Waals surface area (Å²) in [7, 11) is 0. The number of rotatable bonds is 4. The third-order valence-corrected chi connectivity index (χ3v) is 2.34. The molecule has 0 aliphatic carbocycles. The highest BCUT2D eigenvalue weighted by molar-refractivity contribution is 5.95. The van der Waals surface area contributed by atoms with Crippen molar-refractivity contribution in [3.8, 4) is 0 Å². The van der Waals surface area contributed by atoms with E-state index < -0.39 is 6.09 Å². The van der Waals surface area contributed by atoms with Crippen molar-refractivity contribution in [1.82, 2.24) is 5.32 Å². The first-order valence-corrected chi connectivity index (χ1v) is 5.91. The van der Waals surface area contributed by atoms with Gasteiger partial charge in [0.05, 0.1) is 6.61 Å². The van der Waals surface area contributed by atoms with Crippen molar-refractivity contribution < 1.29 is 14.3 Å². The monoisotopic (exact) mass is 250 g/mol. The van der Waals surface area contributed by atoms with E-state index in [1.807, 2.05) is 13.8 Å². The third-order valence-electron chi connectivity index (χ3n) is 2.34. The van der Waals surface area contributed by atoms with Crippen LogP contribution >= 0.6 is 0 Å². The van der Waals surface area contributed by atoms with Gasteiger partial charge in [-0.1, -0.05) is 0 Å². The van der Waals surface area contributed by atoms with E-state index in [1.165, 1.54) is 0 Å². The van der Waals surface area contributed by atoms with Crippen LogP contribution in [-0.4, -0.2) is 25.2 Å². The smallest absolute Gasteiger partial charge is 0.411 e. The lowest BCUT2D eigenvalue weighted by Crippen LogP contribution is -2.22. The first-order chi connectivity index (χ1) is 8.58. The van der Waals surface area contributed by atoms with Gasteiger partial charge < -0.3 is 10.1 Å². The number of aryl methyl sites for hydroxylation is 1. The van der Waals surface area contributed by atoms with Crippen molar-refractivity contribution in [1.29, 1.82) is 0 Å². The van der Waals surface area contributed by atoms with E-state index in [9.17, 15) is 9.59 Å². The predicted octanol–water partition coefficient (Wildman–Crippen LogP) is 2.31. The van der Waals surface area contributed by atoms with Crippen molar-refractivity contribution >= 4 is 17.7 Å². The van der Waals surface area contributed by atoms with Crippen LogP contribution in [-0.2, 0) is 4.74 Å². The van der Waals surface area contributed by atoms with Crippen LogP contribution in [0.3, 0.4) is 0 Å². The number of carbonyl (C=O) groups is 2. The maximum atomic E-state index is 11.6. The molecule has 1 aromatic rings. The van der Waals surface area contributed by atoms with E-state index in [1.54, 1.807) is 25.1 Å². The number of amides is 2.